The van der Waals surface area contributed by atoms with Gasteiger partial charge in [0, 0.05) is 5.92 Å². The largest absolute Gasteiger partial charge is 0.303 e. The van der Waals surface area contributed by atoms with Gasteiger partial charge >= 0.3 is 0 Å². The van der Waals surface area contributed by atoms with Crippen LogP contribution < -0.4 is 0 Å². The fourth-order valence-corrected chi connectivity index (χ4v) is 2.18. The van der Waals surface area contributed by atoms with E-state index in [9.17, 15) is 4.79 Å². The Hall–Kier alpha value is -0.590. The molecule has 0 aromatic heterocycles. The van der Waals surface area contributed by atoms with Crippen LogP contribution in [-0.4, -0.2) is 6.29 Å². The summed E-state index contributed by atoms with van der Waals surface area (Å²) >= 11 is 0. The summed E-state index contributed by atoms with van der Waals surface area (Å²) in [6, 6.07) is 0. The van der Waals surface area contributed by atoms with Crippen molar-refractivity contribution in [2.24, 2.45) is 17.3 Å². The topological polar surface area (TPSA) is 17.1 Å². The quantitative estimate of drug-likeness (QED) is 0.485. The second kappa shape index (κ2) is 4.29. The highest BCUT2D eigenvalue weighted by molar-refractivity contribution is 5.56. The van der Waals surface area contributed by atoms with Gasteiger partial charge in [0.15, 0.2) is 0 Å². The number of aldehydes is 1. The minimum Gasteiger partial charge on any atom is -0.303 e. The molecule has 0 bridgehead atoms. The highest BCUT2D eigenvalue weighted by atomic mass is 16.1. The Morgan fingerprint density at radius 3 is 2.50 bits per heavy atom. The summed E-state index contributed by atoms with van der Waals surface area (Å²) in [5.41, 5.74) is 1.91. The molecular weight excluding hydrogens is 172 g/mol. The van der Waals surface area contributed by atoms with Gasteiger partial charge in [0.2, 0.25) is 0 Å². The summed E-state index contributed by atoms with van der Waals surface area (Å²) in [5.74, 6) is 0.899. The van der Waals surface area contributed by atoms with Gasteiger partial charge in [-0.2, -0.15) is 0 Å². The molecule has 1 fully saturated rings. The van der Waals surface area contributed by atoms with Gasteiger partial charge in [-0.1, -0.05) is 39.3 Å². The molecular formula is C13H22O. The minimum absolute atomic E-state index is 0.101. The molecule has 0 aromatic rings. The van der Waals surface area contributed by atoms with E-state index in [1.54, 1.807) is 0 Å². The first kappa shape index (κ1) is 11.5. The van der Waals surface area contributed by atoms with Crippen molar-refractivity contribution >= 4 is 6.29 Å². The van der Waals surface area contributed by atoms with Crippen LogP contribution in [0.5, 0.6) is 0 Å². The van der Waals surface area contributed by atoms with Gasteiger partial charge < -0.3 is 4.79 Å². The first-order valence-corrected chi connectivity index (χ1v) is 5.58. The van der Waals surface area contributed by atoms with Gasteiger partial charge in [-0.05, 0) is 30.6 Å². The second-order valence-electron chi connectivity index (χ2n) is 5.63. The van der Waals surface area contributed by atoms with E-state index >= 15 is 0 Å². The molecule has 0 heterocycles. The number of carbonyl (C=O) groups is 1. The van der Waals surface area contributed by atoms with Crippen LogP contribution in [0.1, 0.15) is 47.0 Å². The lowest BCUT2D eigenvalue weighted by Gasteiger charge is -2.26. The van der Waals surface area contributed by atoms with Crippen LogP contribution in [0, 0.1) is 17.3 Å². The van der Waals surface area contributed by atoms with Gasteiger partial charge in [-0.15, -0.1) is 0 Å². The van der Waals surface area contributed by atoms with Gasteiger partial charge in [-0.3, -0.25) is 0 Å². The molecule has 2 atom stereocenters. The predicted molar refractivity (Wildman–Crippen MR) is 60.1 cm³/mol. The summed E-state index contributed by atoms with van der Waals surface area (Å²) in [4.78, 5) is 10.5. The van der Waals surface area contributed by atoms with E-state index in [0.29, 0.717) is 5.41 Å². The SMILES string of the molecule is CC(C=O)C=C1CCC(C(C)(C)C)C1. The Labute approximate surface area is 87.6 Å². The second-order valence-corrected chi connectivity index (χ2v) is 5.63. The summed E-state index contributed by atoms with van der Waals surface area (Å²) < 4.78 is 0. The lowest BCUT2D eigenvalue weighted by Crippen LogP contribution is -2.16. The van der Waals surface area contributed by atoms with Gasteiger partial charge in [0.05, 0.1) is 0 Å². The molecule has 1 aliphatic rings. The average molecular weight is 194 g/mol. The van der Waals surface area contributed by atoms with Crippen LogP contribution in [-0.2, 0) is 4.79 Å². The van der Waals surface area contributed by atoms with Crippen LogP contribution in [0.15, 0.2) is 11.6 Å². The van der Waals surface area contributed by atoms with Crippen LogP contribution in [0.25, 0.3) is 0 Å². The summed E-state index contributed by atoms with van der Waals surface area (Å²) in [5, 5.41) is 0. The third kappa shape index (κ3) is 2.97. The van der Waals surface area contributed by atoms with E-state index < -0.39 is 0 Å². The molecule has 0 aromatic carbocycles. The van der Waals surface area contributed by atoms with Crippen molar-refractivity contribution in [1.29, 1.82) is 0 Å². The van der Waals surface area contributed by atoms with E-state index in [1.165, 1.54) is 24.8 Å². The number of allylic oxidation sites excluding steroid dienone is 2. The maximum atomic E-state index is 10.5. The fraction of sp³-hybridized carbons (Fsp3) is 0.769. The van der Waals surface area contributed by atoms with Crippen LogP contribution in [0.4, 0.5) is 0 Å². The molecule has 2 unspecified atom stereocenters. The highest BCUT2D eigenvalue weighted by Gasteiger charge is 2.29. The Kier molecular flexibility index (Phi) is 3.52. The molecule has 0 aliphatic heterocycles. The highest BCUT2D eigenvalue weighted by Crippen LogP contribution is 2.41. The molecule has 0 N–H and O–H groups in total. The maximum absolute atomic E-state index is 10.5. The van der Waals surface area contributed by atoms with E-state index in [-0.39, 0.29) is 5.92 Å². The number of hydrogen-bond donors (Lipinski definition) is 0. The number of rotatable bonds is 2. The first-order chi connectivity index (χ1) is 6.43. The Morgan fingerprint density at radius 2 is 2.07 bits per heavy atom. The van der Waals surface area contributed by atoms with Crippen molar-refractivity contribution in [2.75, 3.05) is 0 Å². The normalized spacial score (nSPS) is 28.0. The van der Waals surface area contributed by atoms with Crippen molar-refractivity contribution in [3.05, 3.63) is 11.6 Å². The van der Waals surface area contributed by atoms with Crippen molar-refractivity contribution in [3.63, 3.8) is 0 Å². The molecule has 14 heavy (non-hydrogen) atoms. The predicted octanol–water partition coefficient (Wildman–Crippen LogP) is 3.59. The van der Waals surface area contributed by atoms with Crippen molar-refractivity contribution in [2.45, 2.75) is 47.0 Å². The van der Waals surface area contributed by atoms with Crippen molar-refractivity contribution in [1.82, 2.24) is 0 Å². The van der Waals surface area contributed by atoms with E-state index in [0.717, 1.165) is 12.2 Å². The zero-order chi connectivity index (χ0) is 10.8. The van der Waals surface area contributed by atoms with Gasteiger partial charge in [0.25, 0.3) is 0 Å². The van der Waals surface area contributed by atoms with E-state index in [2.05, 4.69) is 26.8 Å². The molecule has 1 aliphatic carbocycles. The molecule has 0 saturated heterocycles. The zero-order valence-corrected chi connectivity index (χ0v) is 9.84. The monoisotopic (exact) mass is 194 g/mol. The fourth-order valence-electron chi connectivity index (χ4n) is 2.18. The summed E-state index contributed by atoms with van der Waals surface area (Å²) in [6.45, 7) is 8.89. The third-order valence-electron chi connectivity index (χ3n) is 3.26. The molecule has 0 radical (unpaired) electrons. The average Bonchev–Trinajstić information content (AvgIpc) is 2.51. The van der Waals surface area contributed by atoms with Crippen LogP contribution in [0.3, 0.4) is 0 Å². The third-order valence-corrected chi connectivity index (χ3v) is 3.26. The summed E-state index contributed by atoms with van der Waals surface area (Å²) in [7, 11) is 0. The van der Waals surface area contributed by atoms with Gasteiger partial charge in [0.1, 0.15) is 6.29 Å². The molecule has 0 amide bonds. The molecule has 1 saturated carbocycles. The molecule has 1 heteroatoms. The molecule has 1 rings (SSSR count). The number of carbonyl (C=O) groups excluding carboxylic acids is 1. The van der Waals surface area contributed by atoms with Crippen LogP contribution >= 0.6 is 0 Å². The maximum Gasteiger partial charge on any atom is 0.126 e. The molecule has 1 nitrogen and oxygen atoms in total. The van der Waals surface area contributed by atoms with Crippen LogP contribution in [0.2, 0.25) is 0 Å². The lowest BCUT2D eigenvalue weighted by atomic mass is 9.79. The van der Waals surface area contributed by atoms with Crippen molar-refractivity contribution < 1.29 is 4.79 Å². The minimum atomic E-state index is 0.101. The standard InChI is InChI=1S/C13H22O/c1-10(9-14)7-11-5-6-12(8-11)13(2,3)4/h7,9-10,12H,5-6,8H2,1-4H3. The Bertz CT molecular complexity index is 232. The Balaban J connectivity index is 2.57. The zero-order valence-electron chi connectivity index (χ0n) is 9.84. The van der Waals surface area contributed by atoms with Gasteiger partial charge in [-0.25, -0.2) is 0 Å². The summed E-state index contributed by atoms with van der Waals surface area (Å²) in [6.07, 6.45) is 6.86. The first-order valence-electron chi connectivity index (χ1n) is 5.58. The Morgan fingerprint density at radius 1 is 1.43 bits per heavy atom. The smallest absolute Gasteiger partial charge is 0.126 e. The number of hydrogen-bond acceptors (Lipinski definition) is 1. The van der Waals surface area contributed by atoms with E-state index in [4.69, 9.17) is 0 Å². The van der Waals surface area contributed by atoms with Crippen molar-refractivity contribution in [3.8, 4) is 0 Å². The molecule has 80 valence electrons. The van der Waals surface area contributed by atoms with E-state index in [1.807, 2.05) is 6.92 Å². The lowest BCUT2D eigenvalue weighted by molar-refractivity contribution is -0.109. The molecule has 0 spiro atoms.